The predicted octanol–water partition coefficient (Wildman–Crippen LogP) is 4.73. The lowest BCUT2D eigenvalue weighted by Crippen LogP contribution is -2.44. The Morgan fingerprint density at radius 3 is 2.65 bits per heavy atom. The smallest absolute Gasteiger partial charge is 0.0641 e. The normalized spacial score (nSPS) is 23.5. The highest BCUT2D eigenvalue weighted by molar-refractivity contribution is 6.30. The molecule has 112 valence electrons. The Bertz CT molecular complexity index is 416. The topological polar surface area (TPSA) is 21.3 Å². The third-order valence-electron chi connectivity index (χ3n) is 3.98. The third kappa shape index (κ3) is 4.47. The lowest BCUT2D eigenvalue weighted by molar-refractivity contribution is -0.0643. The van der Waals surface area contributed by atoms with Crippen LogP contribution in [-0.2, 0) is 4.74 Å². The van der Waals surface area contributed by atoms with Crippen LogP contribution >= 0.6 is 11.6 Å². The van der Waals surface area contributed by atoms with Crippen LogP contribution in [0.1, 0.15) is 58.1 Å². The van der Waals surface area contributed by atoms with Gasteiger partial charge in [0, 0.05) is 23.7 Å². The lowest BCUT2D eigenvalue weighted by atomic mass is 9.92. The van der Waals surface area contributed by atoms with E-state index in [1.54, 1.807) is 0 Å². The molecule has 1 aromatic rings. The van der Waals surface area contributed by atoms with Crippen LogP contribution in [0.25, 0.3) is 0 Å². The molecule has 1 saturated heterocycles. The molecule has 1 aliphatic rings. The van der Waals surface area contributed by atoms with E-state index in [1.165, 1.54) is 12.0 Å². The summed E-state index contributed by atoms with van der Waals surface area (Å²) in [5.41, 5.74) is 1.33. The number of ether oxygens (including phenoxy) is 1. The van der Waals surface area contributed by atoms with Gasteiger partial charge in [-0.1, -0.05) is 37.1 Å². The summed E-state index contributed by atoms with van der Waals surface area (Å²) in [6.45, 7) is 7.44. The first kappa shape index (κ1) is 15.8. The van der Waals surface area contributed by atoms with Crippen LogP contribution in [0.5, 0.6) is 0 Å². The summed E-state index contributed by atoms with van der Waals surface area (Å²) in [5.74, 6) is 0. The van der Waals surface area contributed by atoms with Crippen molar-refractivity contribution in [3.63, 3.8) is 0 Å². The molecule has 0 bridgehead atoms. The van der Waals surface area contributed by atoms with Gasteiger partial charge in [0.25, 0.3) is 0 Å². The Kier molecular flexibility index (Phi) is 5.48. The molecule has 2 unspecified atom stereocenters. The minimum atomic E-state index is -0.00726. The summed E-state index contributed by atoms with van der Waals surface area (Å²) in [6.07, 6.45) is 4.49. The van der Waals surface area contributed by atoms with E-state index < -0.39 is 0 Å². The first-order valence-corrected chi connectivity index (χ1v) is 8.03. The standard InChI is InChI=1S/C17H26ClNO/c1-4-5-16(13-6-8-14(18)9-7-13)19-15-10-11-20-17(2,3)12-15/h6-9,15-16,19H,4-5,10-12H2,1-3H3. The second kappa shape index (κ2) is 6.93. The molecular weight excluding hydrogens is 270 g/mol. The van der Waals surface area contributed by atoms with Gasteiger partial charge in [-0.2, -0.15) is 0 Å². The molecule has 20 heavy (non-hydrogen) atoms. The van der Waals surface area contributed by atoms with E-state index in [0.29, 0.717) is 12.1 Å². The molecule has 3 heteroatoms. The third-order valence-corrected chi connectivity index (χ3v) is 4.24. The first-order chi connectivity index (χ1) is 9.50. The number of nitrogens with one attached hydrogen (secondary N) is 1. The number of benzene rings is 1. The Balaban J connectivity index is 2.03. The Labute approximate surface area is 127 Å². The maximum atomic E-state index is 5.99. The van der Waals surface area contributed by atoms with E-state index in [4.69, 9.17) is 16.3 Å². The van der Waals surface area contributed by atoms with Gasteiger partial charge in [-0.3, -0.25) is 0 Å². The molecule has 0 amide bonds. The van der Waals surface area contributed by atoms with Gasteiger partial charge < -0.3 is 10.1 Å². The molecule has 2 rings (SSSR count). The molecule has 0 aliphatic carbocycles. The molecule has 2 nitrogen and oxygen atoms in total. The summed E-state index contributed by atoms with van der Waals surface area (Å²) in [6, 6.07) is 9.19. The molecule has 0 aromatic heterocycles. The van der Waals surface area contributed by atoms with Crippen molar-refractivity contribution in [3.8, 4) is 0 Å². The highest BCUT2D eigenvalue weighted by Crippen LogP contribution is 2.28. The summed E-state index contributed by atoms with van der Waals surface area (Å²) in [5, 5.41) is 4.63. The van der Waals surface area contributed by atoms with Crippen LogP contribution in [0.2, 0.25) is 5.02 Å². The second-order valence-corrected chi connectivity index (χ2v) is 6.79. The fraction of sp³-hybridized carbons (Fsp3) is 0.647. The molecule has 2 atom stereocenters. The van der Waals surface area contributed by atoms with Crippen LogP contribution in [0.3, 0.4) is 0 Å². The van der Waals surface area contributed by atoms with Gasteiger partial charge >= 0.3 is 0 Å². The average molecular weight is 296 g/mol. The van der Waals surface area contributed by atoms with Crippen LogP contribution < -0.4 is 5.32 Å². The monoisotopic (exact) mass is 295 g/mol. The van der Waals surface area contributed by atoms with Crippen LogP contribution in [-0.4, -0.2) is 18.2 Å². The largest absolute Gasteiger partial charge is 0.375 e. The molecule has 0 radical (unpaired) electrons. The Hall–Kier alpha value is -0.570. The zero-order chi connectivity index (χ0) is 14.6. The van der Waals surface area contributed by atoms with E-state index in [2.05, 4.69) is 38.2 Å². The Morgan fingerprint density at radius 2 is 2.05 bits per heavy atom. The van der Waals surface area contributed by atoms with Crippen LogP contribution in [0, 0.1) is 0 Å². The highest BCUT2D eigenvalue weighted by atomic mass is 35.5. The molecule has 1 fully saturated rings. The zero-order valence-electron chi connectivity index (χ0n) is 12.8. The quantitative estimate of drug-likeness (QED) is 0.848. The maximum absolute atomic E-state index is 5.99. The molecule has 0 spiro atoms. The summed E-state index contributed by atoms with van der Waals surface area (Å²) in [7, 11) is 0. The Morgan fingerprint density at radius 1 is 1.35 bits per heavy atom. The summed E-state index contributed by atoms with van der Waals surface area (Å²) >= 11 is 5.99. The van der Waals surface area contributed by atoms with Crippen molar-refractivity contribution in [2.45, 2.75) is 64.1 Å². The van der Waals surface area contributed by atoms with Gasteiger partial charge in [0.1, 0.15) is 0 Å². The number of halogens is 1. The van der Waals surface area contributed by atoms with Gasteiger partial charge in [-0.15, -0.1) is 0 Å². The maximum Gasteiger partial charge on any atom is 0.0641 e. The first-order valence-electron chi connectivity index (χ1n) is 7.65. The van der Waals surface area contributed by atoms with E-state index in [9.17, 15) is 0 Å². The molecule has 1 N–H and O–H groups in total. The minimum Gasteiger partial charge on any atom is -0.375 e. The van der Waals surface area contributed by atoms with Gasteiger partial charge in [-0.05, 0) is 50.8 Å². The van der Waals surface area contributed by atoms with Crippen molar-refractivity contribution in [1.82, 2.24) is 5.32 Å². The number of hydrogen-bond donors (Lipinski definition) is 1. The number of rotatable bonds is 5. The van der Waals surface area contributed by atoms with Gasteiger partial charge in [0.05, 0.1) is 5.60 Å². The molecule has 0 saturated carbocycles. The van der Waals surface area contributed by atoms with Crippen molar-refractivity contribution in [2.75, 3.05) is 6.61 Å². The summed E-state index contributed by atoms with van der Waals surface area (Å²) < 4.78 is 5.80. The van der Waals surface area contributed by atoms with E-state index in [0.717, 1.165) is 30.9 Å². The van der Waals surface area contributed by atoms with Crippen molar-refractivity contribution in [2.24, 2.45) is 0 Å². The lowest BCUT2D eigenvalue weighted by Gasteiger charge is -2.38. The van der Waals surface area contributed by atoms with Gasteiger partial charge in [0.2, 0.25) is 0 Å². The van der Waals surface area contributed by atoms with E-state index in [-0.39, 0.29) is 5.60 Å². The molecule has 1 aliphatic heterocycles. The second-order valence-electron chi connectivity index (χ2n) is 6.36. The van der Waals surface area contributed by atoms with E-state index in [1.807, 2.05) is 12.1 Å². The minimum absolute atomic E-state index is 0.00726. The predicted molar refractivity (Wildman–Crippen MR) is 85.3 cm³/mol. The van der Waals surface area contributed by atoms with E-state index >= 15 is 0 Å². The molecule has 1 heterocycles. The van der Waals surface area contributed by atoms with Gasteiger partial charge in [0.15, 0.2) is 0 Å². The molecule has 1 aromatic carbocycles. The fourth-order valence-electron chi connectivity index (χ4n) is 2.99. The van der Waals surface area contributed by atoms with Crippen molar-refractivity contribution >= 4 is 11.6 Å². The van der Waals surface area contributed by atoms with Crippen LogP contribution in [0.4, 0.5) is 0 Å². The van der Waals surface area contributed by atoms with Crippen molar-refractivity contribution in [1.29, 1.82) is 0 Å². The summed E-state index contributed by atoms with van der Waals surface area (Å²) in [4.78, 5) is 0. The molecular formula is C17H26ClNO. The zero-order valence-corrected chi connectivity index (χ0v) is 13.5. The number of hydrogen-bond acceptors (Lipinski definition) is 2. The average Bonchev–Trinajstić information content (AvgIpc) is 2.38. The highest BCUT2D eigenvalue weighted by Gasteiger charge is 2.30. The van der Waals surface area contributed by atoms with Crippen molar-refractivity contribution < 1.29 is 4.74 Å². The SMILES string of the molecule is CCCC(NC1CCOC(C)(C)C1)c1ccc(Cl)cc1. The van der Waals surface area contributed by atoms with Crippen molar-refractivity contribution in [3.05, 3.63) is 34.9 Å². The van der Waals surface area contributed by atoms with Gasteiger partial charge in [-0.25, -0.2) is 0 Å². The fourth-order valence-corrected chi connectivity index (χ4v) is 3.11. The van der Waals surface area contributed by atoms with Crippen LogP contribution in [0.15, 0.2) is 24.3 Å².